The molecule has 1 saturated carbocycles. The van der Waals surface area contributed by atoms with E-state index in [1.807, 2.05) is 19.0 Å². The van der Waals surface area contributed by atoms with E-state index in [0.29, 0.717) is 0 Å². The van der Waals surface area contributed by atoms with Gasteiger partial charge in [0.25, 0.3) is 0 Å². The van der Waals surface area contributed by atoms with Gasteiger partial charge in [0.2, 0.25) is 0 Å². The third-order valence-electron chi connectivity index (χ3n) is 4.35. The molecule has 0 heterocycles. The molecule has 1 fully saturated rings. The number of benzene rings is 1. The summed E-state index contributed by atoms with van der Waals surface area (Å²) in [5.74, 6) is 4.54. The van der Waals surface area contributed by atoms with Gasteiger partial charge in [-0.1, -0.05) is 18.9 Å². The summed E-state index contributed by atoms with van der Waals surface area (Å²) in [6, 6.07) is 3.38. The first kappa shape index (κ1) is 14.4. The van der Waals surface area contributed by atoms with Crippen molar-refractivity contribution in [3.63, 3.8) is 0 Å². The van der Waals surface area contributed by atoms with E-state index in [1.54, 1.807) is 0 Å². The van der Waals surface area contributed by atoms with Crippen LogP contribution in [0.25, 0.3) is 0 Å². The molecule has 0 amide bonds. The Morgan fingerprint density at radius 2 is 1.74 bits per heavy atom. The molecule has 1 aromatic rings. The third-order valence-corrected chi connectivity index (χ3v) is 4.35. The average Bonchev–Trinajstić information content (AvgIpc) is 2.84. The van der Waals surface area contributed by atoms with Crippen molar-refractivity contribution in [2.45, 2.75) is 37.3 Å². The second-order valence-electron chi connectivity index (χ2n) is 5.44. The number of rotatable bonds is 4. The molecule has 1 atom stereocenters. The predicted molar refractivity (Wildman–Crippen MR) is 71.3 cm³/mol. The van der Waals surface area contributed by atoms with Crippen LogP contribution in [0.1, 0.15) is 37.3 Å². The molecule has 2 rings (SSSR count). The van der Waals surface area contributed by atoms with Crippen LogP contribution in [0.4, 0.5) is 8.78 Å². The van der Waals surface area contributed by atoms with E-state index in [2.05, 4.69) is 5.43 Å². The molecule has 1 aliphatic carbocycles. The minimum atomic E-state index is -0.550. The van der Waals surface area contributed by atoms with Gasteiger partial charge < -0.3 is 4.90 Å². The van der Waals surface area contributed by atoms with Crippen molar-refractivity contribution >= 4 is 0 Å². The standard InChI is InChI=1S/C14H21F2N3/c1-19(2)14(8-3-4-9-14)13(18-17)12-10(15)6-5-7-11(12)16/h5-7,13,18H,3-4,8-9,17H2,1-2H3. The summed E-state index contributed by atoms with van der Waals surface area (Å²) in [5.41, 5.74) is 2.35. The molecule has 0 bridgehead atoms. The van der Waals surface area contributed by atoms with Gasteiger partial charge in [-0.15, -0.1) is 0 Å². The van der Waals surface area contributed by atoms with Crippen molar-refractivity contribution in [1.82, 2.24) is 10.3 Å². The normalized spacial score (nSPS) is 19.9. The Balaban J connectivity index is 2.49. The van der Waals surface area contributed by atoms with Crippen LogP contribution in [0, 0.1) is 11.6 Å². The maximum Gasteiger partial charge on any atom is 0.131 e. The molecule has 19 heavy (non-hydrogen) atoms. The molecule has 0 spiro atoms. The average molecular weight is 269 g/mol. The first-order valence-electron chi connectivity index (χ1n) is 6.60. The van der Waals surface area contributed by atoms with Gasteiger partial charge in [0.15, 0.2) is 0 Å². The molecule has 1 aromatic carbocycles. The van der Waals surface area contributed by atoms with Crippen molar-refractivity contribution < 1.29 is 8.78 Å². The van der Waals surface area contributed by atoms with Crippen molar-refractivity contribution in [3.8, 4) is 0 Å². The number of hydrazine groups is 1. The molecule has 0 radical (unpaired) electrons. The van der Waals surface area contributed by atoms with Crippen LogP contribution in [-0.2, 0) is 0 Å². The molecule has 3 nitrogen and oxygen atoms in total. The predicted octanol–water partition coefficient (Wildman–Crippen LogP) is 2.34. The topological polar surface area (TPSA) is 41.3 Å². The van der Waals surface area contributed by atoms with Gasteiger partial charge in [-0.2, -0.15) is 0 Å². The van der Waals surface area contributed by atoms with E-state index >= 15 is 0 Å². The van der Waals surface area contributed by atoms with Crippen LogP contribution in [0.15, 0.2) is 18.2 Å². The number of halogens is 2. The Kier molecular flexibility index (Phi) is 4.18. The fourth-order valence-corrected chi connectivity index (χ4v) is 3.27. The number of likely N-dealkylation sites (N-methyl/N-ethyl adjacent to an activating group) is 1. The summed E-state index contributed by atoms with van der Waals surface area (Å²) in [6.07, 6.45) is 3.85. The van der Waals surface area contributed by atoms with Crippen LogP contribution < -0.4 is 11.3 Å². The SMILES string of the molecule is CN(C)C1(C(NN)c2c(F)cccc2F)CCCC1. The van der Waals surface area contributed by atoms with Crippen LogP contribution in [0.5, 0.6) is 0 Å². The third kappa shape index (κ3) is 2.38. The summed E-state index contributed by atoms with van der Waals surface area (Å²) in [6.45, 7) is 0. The minimum absolute atomic E-state index is 0.0422. The van der Waals surface area contributed by atoms with Gasteiger partial charge in [-0.05, 0) is 39.1 Å². The Bertz CT molecular complexity index is 422. The van der Waals surface area contributed by atoms with E-state index in [0.717, 1.165) is 25.7 Å². The zero-order valence-corrected chi connectivity index (χ0v) is 11.4. The van der Waals surface area contributed by atoms with E-state index in [4.69, 9.17) is 5.84 Å². The van der Waals surface area contributed by atoms with Crippen molar-refractivity contribution in [2.75, 3.05) is 14.1 Å². The van der Waals surface area contributed by atoms with Crippen LogP contribution in [0.2, 0.25) is 0 Å². The molecule has 0 aliphatic heterocycles. The highest BCUT2D eigenvalue weighted by Crippen LogP contribution is 2.44. The second kappa shape index (κ2) is 5.53. The highest BCUT2D eigenvalue weighted by molar-refractivity contribution is 5.27. The first-order valence-corrected chi connectivity index (χ1v) is 6.60. The van der Waals surface area contributed by atoms with Crippen LogP contribution in [0.3, 0.4) is 0 Å². The highest BCUT2D eigenvalue weighted by Gasteiger charge is 2.45. The largest absolute Gasteiger partial charge is 0.302 e. The van der Waals surface area contributed by atoms with E-state index < -0.39 is 17.7 Å². The van der Waals surface area contributed by atoms with Gasteiger partial charge >= 0.3 is 0 Å². The lowest BCUT2D eigenvalue weighted by atomic mass is 9.82. The van der Waals surface area contributed by atoms with Crippen molar-refractivity contribution in [2.24, 2.45) is 5.84 Å². The second-order valence-corrected chi connectivity index (χ2v) is 5.44. The zero-order chi connectivity index (χ0) is 14.0. The molecule has 106 valence electrons. The molecule has 0 aromatic heterocycles. The van der Waals surface area contributed by atoms with Crippen LogP contribution in [-0.4, -0.2) is 24.5 Å². The molecule has 3 N–H and O–H groups in total. The number of hydrogen-bond donors (Lipinski definition) is 2. The first-order chi connectivity index (χ1) is 9.03. The molecule has 5 heteroatoms. The Hall–Kier alpha value is -1.04. The molecular formula is C14H21F2N3. The maximum absolute atomic E-state index is 14.0. The molecule has 1 aliphatic rings. The summed E-state index contributed by atoms with van der Waals surface area (Å²) >= 11 is 0. The summed E-state index contributed by atoms with van der Waals surface area (Å²) in [5, 5.41) is 0. The van der Waals surface area contributed by atoms with Gasteiger partial charge in [-0.25, -0.2) is 8.78 Å². The van der Waals surface area contributed by atoms with Crippen molar-refractivity contribution in [3.05, 3.63) is 35.4 Å². The number of nitrogens with one attached hydrogen (secondary N) is 1. The van der Waals surface area contributed by atoms with E-state index in [1.165, 1.54) is 18.2 Å². The van der Waals surface area contributed by atoms with Gasteiger partial charge in [0, 0.05) is 11.1 Å². The minimum Gasteiger partial charge on any atom is -0.302 e. The zero-order valence-electron chi connectivity index (χ0n) is 11.4. The number of hydrogen-bond acceptors (Lipinski definition) is 3. The molecular weight excluding hydrogens is 248 g/mol. The lowest BCUT2D eigenvalue weighted by Crippen LogP contribution is -2.54. The molecule has 1 unspecified atom stereocenters. The van der Waals surface area contributed by atoms with Gasteiger partial charge in [-0.3, -0.25) is 11.3 Å². The Morgan fingerprint density at radius 1 is 1.21 bits per heavy atom. The lowest BCUT2D eigenvalue weighted by Gasteiger charge is -2.43. The van der Waals surface area contributed by atoms with Crippen LogP contribution >= 0.6 is 0 Å². The summed E-state index contributed by atoms with van der Waals surface area (Å²) < 4.78 is 28.0. The number of nitrogens with two attached hydrogens (primary N) is 1. The Morgan fingerprint density at radius 3 is 2.16 bits per heavy atom. The molecule has 0 saturated heterocycles. The van der Waals surface area contributed by atoms with Gasteiger partial charge in [0.1, 0.15) is 11.6 Å². The quantitative estimate of drug-likeness (QED) is 0.651. The fraction of sp³-hybridized carbons (Fsp3) is 0.571. The highest BCUT2D eigenvalue weighted by atomic mass is 19.1. The van der Waals surface area contributed by atoms with E-state index in [-0.39, 0.29) is 11.1 Å². The summed E-state index contributed by atoms with van der Waals surface area (Å²) in [4.78, 5) is 2.04. The monoisotopic (exact) mass is 269 g/mol. The smallest absolute Gasteiger partial charge is 0.131 e. The fourth-order valence-electron chi connectivity index (χ4n) is 3.27. The van der Waals surface area contributed by atoms with Crippen molar-refractivity contribution in [1.29, 1.82) is 0 Å². The van der Waals surface area contributed by atoms with Gasteiger partial charge in [0.05, 0.1) is 6.04 Å². The lowest BCUT2D eigenvalue weighted by molar-refractivity contribution is 0.101. The maximum atomic E-state index is 14.0. The Labute approximate surface area is 112 Å². The number of nitrogens with zero attached hydrogens (tertiary/aromatic N) is 1. The summed E-state index contributed by atoms with van der Waals surface area (Å²) in [7, 11) is 3.88. The van der Waals surface area contributed by atoms with E-state index in [9.17, 15) is 8.78 Å².